The molecule has 1 aliphatic heterocycles. The van der Waals surface area contributed by atoms with E-state index in [0.29, 0.717) is 30.6 Å². The Labute approximate surface area is 96.0 Å². The van der Waals surface area contributed by atoms with Crippen LogP contribution < -0.4 is 0 Å². The molecule has 0 aromatic heterocycles. The fourth-order valence-electron chi connectivity index (χ4n) is 1.62. The maximum absolute atomic E-state index is 11.4. The molecule has 0 aromatic rings. The summed E-state index contributed by atoms with van der Waals surface area (Å²) in [5.74, 6) is 0.325. The highest BCUT2D eigenvalue weighted by Crippen LogP contribution is 2.16. The van der Waals surface area contributed by atoms with Crippen LogP contribution in [0.25, 0.3) is 0 Å². The number of rotatable bonds is 6. The van der Waals surface area contributed by atoms with Crippen LogP contribution in [0.4, 0.5) is 0 Å². The van der Waals surface area contributed by atoms with E-state index in [1.54, 1.807) is 5.01 Å². The van der Waals surface area contributed by atoms with E-state index < -0.39 is 0 Å². The molecule has 0 spiro atoms. The molecule has 1 aliphatic rings. The Morgan fingerprint density at radius 3 is 2.75 bits per heavy atom. The van der Waals surface area contributed by atoms with Gasteiger partial charge in [0.1, 0.15) is 6.61 Å². The van der Waals surface area contributed by atoms with Crippen LogP contribution in [-0.4, -0.2) is 41.4 Å². The van der Waals surface area contributed by atoms with Crippen LogP contribution in [-0.2, 0) is 4.84 Å². The molecule has 0 radical (unpaired) electrons. The van der Waals surface area contributed by atoms with Gasteiger partial charge in [0.15, 0.2) is 0 Å². The second kappa shape index (κ2) is 7.27. The summed E-state index contributed by atoms with van der Waals surface area (Å²) in [7, 11) is 0. The third-order valence-corrected chi connectivity index (χ3v) is 2.81. The molecular weight excluding hydrogens is 210 g/mol. The highest BCUT2D eigenvalue weighted by Gasteiger charge is 2.23. The minimum absolute atomic E-state index is 0.205. The van der Waals surface area contributed by atoms with Crippen molar-refractivity contribution in [2.75, 3.05) is 26.3 Å². The van der Waals surface area contributed by atoms with Crippen molar-refractivity contribution in [2.45, 2.75) is 32.6 Å². The van der Waals surface area contributed by atoms with Gasteiger partial charge in [0, 0.05) is 6.61 Å². The normalized spacial score (nSPS) is 18.9. The van der Waals surface area contributed by atoms with E-state index in [-0.39, 0.29) is 6.61 Å². The van der Waals surface area contributed by atoms with E-state index in [0.717, 1.165) is 25.7 Å². The largest absolute Gasteiger partial charge is 0.569 e. The summed E-state index contributed by atoms with van der Waals surface area (Å²) in [5.41, 5.74) is 0. The van der Waals surface area contributed by atoms with E-state index in [9.17, 15) is 5.21 Å². The Bertz CT molecular complexity index is 215. The maximum atomic E-state index is 11.4. The van der Waals surface area contributed by atoms with Crippen molar-refractivity contribution in [3.63, 3.8) is 0 Å². The maximum Gasteiger partial charge on any atom is 0.233 e. The molecule has 0 aromatic carbocycles. The minimum Gasteiger partial charge on any atom is -0.569 e. The summed E-state index contributed by atoms with van der Waals surface area (Å²) in [6, 6.07) is 0. The van der Waals surface area contributed by atoms with Gasteiger partial charge in [-0.2, -0.15) is 0 Å². The number of aliphatic hydroxyl groups excluding tert-OH is 1. The van der Waals surface area contributed by atoms with Gasteiger partial charge in [0.25, 0.3) is 0 Å². The molecule has 1 saturated heterocycles. The van der Waals surface area contributed by atoms with Gasteiger partial charge < -0.3 is 15.2 Å². The highest BCUT2D eigenvalue weighted by molar-refractivity contribution is 4.66. The Morgan fingerprint density at radius 1 is 1.50 bits per heavy atom. The number of hydrogen-bond acceptors (Lipinski definition) is 4. The Kier molecular flexibility index (Phi) is 5.92. The van der Waals surface area contributed by atoms with Crippen molar-refractivity contribution in [3.8, 4) is 0 Å². The first-order valence-corrected chi connectivity index (χ1v) is 5.93. The number of piperidine rings is 1. The SMILES string of the molecule is CCCCON=[N+]([O-])N1CCC(CO)CC1. The van der Waals surface area contributed by atoms with Crippen LogP contribution >= 0.6 is 0 Å². The smallest absolute Gasteiger partial charge is 0.233 e. The van der Waals surface area contributed by atoms with Crippen molar-refractivity contribution < 1.29 is 14.9 Å². The van der Waals surface area contributed by atoms with Gasteiger partial charge in [0.2, 0.25) is 5.28 Å². The second-order valence-corrected chi connectivity index (χ2v) is 4.10. The summed E-state index contributed by atoms with van der Waals surface area (Å²) >= 11 is 0. The molecule has 0 amide bonds. The monoisotopic (exact) mass is 231 g/mol. The Balaban J connectivity index is 2.23. The summed E-state index contributed by atoms with van der Waals surface area (Å²) in [6.07, 6.45) is 3.60. The fraction of sp³-hybridized carbons (Fsp3) is 1.00. The van der Waals surface area contributed by atoms with Gasteiger partial charge in [-0.05, 0) is 25.2 Å². The summed E-state index contributed by atoms with van der Waals surface area (Å²) in [5, 5.41) is 25.5. The van der Waals surface area contributed by atoms with Crippen molar-refractivity contribution in [2.24, 2.45) is 11.2 Å². The number of unbranched alkanes of at least 4 members (excludes halogenated alkanes) is 1. The van der Waals surface area contributed by atoms with Crippen LogP contribution in [0, 0.1) is 11.1 Å². The predicted octanol–water partition coefficient (Wildman–Crippen LogP) is 1.30. The van der Waals surface area contributed by atoms with E-state index in [2.05, 4.69) is 12.2 Å². The lowest BCUT2D eigenvalue weighted by molar-refractivity contribution is -0.713. The number of hydrazine groups is 1. The first-order valence-electron chi connectivity index (χ1n) is 5.93. The standard InChI is InChI=1S/C10H21N3O3/c1-2-3-8-16-11-13(15)12-6-4-10(9-14)5-7-12/h10,14H,2-9H2,1H3. The molecule has 94 valence electrons. The molecule has 0 saturated carbocycles. The average molecular weight is 231 g/mol. The lowest BCUT2D eigenvalue weighted by Gasteiger charge is -2.26. The Hall–Kier alpha value is -1.04. The van der Waals surface area contributed by atoms with Crippen molar-refractivity contribution in [3.05, 3.63) is 5.21 Å². The van der Waals surface area contributed by atoms with Crippen LogP contribution in [0.3, 0.4) is 0 Å². The van der Waals surface area contributed by atoms with Crippen LogP contribution in [0.5, 0.6) is 0 Å². The first-order chi connectivity index (χ1) is 7.77. The molecule has 0 aliphatic carbocycles. The van der Waals surface area contributed by atoms with E-state index >= 15 is 0 Å². The molecular formula is C10H21N3O3. The number of aliphatic hydroxyl groups is 1. The summed E-state index contributed by atoms with van der Waals surface area (Å²) in [6.45, 7) is 4.02. The second-order valence-electron chi connectivity index (χ2n) is 4.10. The molecule has 1 heterocycles. The van der Waals surface area contributed by atoms with Crippen LogP contribution in [0.2, 0.25) is 0 Å². The molecule has 6 nitrogen and oxygen atoms in total. The van der Waals surface area contributed by atoms with Crippen LogP contribution in [0.1, 0.15) is 32.6 Å². The van der Waals surface area contributed by atoms with Crippen LogP contribution in [0.15, 0.2) is 5.28 Å². The molecule has 0 bridgehead atoms. The van der Waals surface area contributed by atoms with Gasteiger partial charge in [0.05, 0.1) is 18.1 Å². The number of nitrogens with zero attached hydrogens (tertiary/aromatic N) is 3. The molecule has 0 unspecified atom stereocenters. The van der Waals surface area contributed by atoms with Gasteiger partial charge in [-0.25, -0.2) is 0 Å². The zero-order chi connectivity index (χ0) is 11.8. The molecule has 6 heteroatoms. The topological polar surface area (TPSA) is 71.1 Å². The van der Waals surface area contributed by atoms with Gasteiger partial charge >= 0.3 is 0 Å². The molecule has 1 rings (SSSR count). The third kappa shape index (κ3) is 4.22. The van der Waals surface area contributed by atoms with Crippen molar-refractivity contribution >= 4 is 0 Å². The van der Waals surface area contributed by atoms with Gasteiger partial charge in [-0.3, -0.25) is 0 Å². The first kappa shape index (κ1) is 13.0. The third-order valence-electron chi connectivity index (χ3n) is 2.81. The minimum atomic E-state index is 0.205. The molecule has 0 atom stereocenters. The zero-order valence-electron chi connectivity index (χ0n) is 9.84. The van der Waals surface area contributed by atoms with E-state index in [4.69, 9.17) is 9.94 Å². The van der Waals surface area contributed by atoms with E-state index in [1.165, 1.54) is 0 Å². The van der Waals surface area contributed by atoms with Crippen molar-refractivity contribution in [1.82, 2.24) is 5.01 Å². The van der Waals surface area contributed by atoms with Gasteiger partial charge in [-0.15, -0.1) is 5.01 Å². The zero-order valence-corrected chi connectivity index (χ0v) is 9.84. The highest BCUT2D eigenvalue weighted by atomic mass is 16.7. The summed E-state index contributed by atoms with van der Waals surface area (Å²) in [4.78, 5) is 5.42. The quantitative estimate of drug-likeness (QED) is 0.324. The fourth-order valence-corrected chi connectivity index (χ4v) is 1.62. The lowest BCUT2D eigenvalue weighted by atomic mass is 9.99. The lowest BCUT2D eigenvalue weighted by Crippen LogP contribution is -2.39. The Morgan fingerprint density at radius 2 is 2.19 bits per heavy atom. The average Bonchev–Trinajstić information content (AvgIpc) is 2.34. The molecule has 1 N–H and O–H groups in total. The molecule has 16 heavy (non-hydrogen) atoms. The summed E-state index contributed by atoms with van der Waals surface area (Å²) < 4.78 is 0. The van der Waals surface area contributed by atoms with E-state index in [1.807, 2.05) is 0 Å². The number of hydrogen-bond donors (Lipinski definition) is 1. The molecule has 1 fully saturated rings. The predicted molar refractivity (Wildman–Crippen MR) is 58.3 cm³/mol. The van der Waals surface area contributed by atoms with Gasteiger partial charge in [-0.1, -0.05) is 13.3 Å². The van der Waals surface area contributed by atoms with Crippen molar-refractivity contribution in [1.29, 1.82) is 0 Å².